The van der Waals surface area contributed by atoms with E-state index in [2.05, 4.69) is 16.3 Å². The quantitative estimate of drug-likeness (QED) is 0.731. The second-order valence-electron chi connectivity index (χ2n) is 4.42. The average molecular weight is 231 g/mol. The molecule has 0 amide bonds. The SMILES string of the molecule is CC1=C(N2CCCNCC2)C(=O)CC=C1C#N. The number of ketones is 1. The van der Waals surface area contributed by atoms with E-state index in [9.17, 15) is 4.79 Å². The number of rotatable bonds is 1. The Bertz CT molecular complexity index is 420. The molecule has 2 aliphatic rings. The van der Waals surface area contributed by atoms with E-state index < -0.39 is 0 Å². The maximum absolute atomic E-state index is 12.0. The van der Waals surface area contributed by atoms with Gasteiger partial charge < -0.3 is 10.2 Å². The Balaban J connectivity index is 2.30. The zero-order valence-corrected chi connectivity index (χ0v) is 10.1. The Morgan fingerprint density at radius 2 is 2.24 bits per heavy atom. The Kier molecular flexibility index (Phi) is 3.60. The van der Waals surface area contributed by atoms with Crippen molar-refractivity contribution < 1.29 is 4.79 Å². The molecule has 0 spiro atoms. The highest BCUT2D eigenvalue weighted by atomic mass is 16.1. The summed E-state index contributed by atoms with van der Waals surface area (Å²) in [7, 11) is 0. The molecule has 1 fully saturated rings. The van der Waals surface area contributed by atoms with Gasteiger partial charge in [-0.25, -0.2) is 0 Å². The number of carbonyl (C=O) groups is 1. The van der Waals surface area contributed by atoms with Gasteiger partial charge in [0, 0.05) is 26.1 Å². The third-order valence-corrected chi connectivity index (χ3v) is 3.29. The number of nitrogens with one attached hydrogen (secondary N) is 1. The molecule has 2 rings (SSSR count). The Hall–Kier alpha value is -1.60. The molecule has 0 aromatic heterocycles. The van der Waals surface area contributed by atoms with Gasteiger partial charge in [-0.15, -0.1) is 0 Å². The van der Waals surface area contributed by atoms with Crippen LogP contribution in [0.4, 0.5) is 0 Å². The van der Waals surface area contributed by atoms with Crippen LogP contribution in [0.5, 0.6) is 0 Å². The summed E-state index contributed by atoms with van der Waals surface area (Å²) in [5, 5.41) is 12.3. The van der Waals surface area contributed by atoms with E-state index in [1.807, 2.05) is 6.92 Å². The second-order valence-corrected chi connectivity index (χ2v) is 4.42. The van der Waals surface area contributed by atoms with Crippen LogP contribution < -0.4 is 5.32 Å². The minimum atomic E-state index is 0.142. The van der Waals surface area contributed by atoms with Gasteiger partial charge in [0.05, 0.1) is 17.3 Å². The Labute approximate surface area is 102 Å². The Morgan fingerprint density at radius 3 is 3.00 bits per heavy atom. The highest BCUT2D eigenvalue weighted by Crippen LogP contribution is 2.25. The average Bonchev–Trinajstić information content (AvgIpc) is 2.58. The standard InChI is InChI=1S/C13H17N3O/c1-10-11(9-14)3-4-12(17)13(10)16-7-2-5-15-6-8-16/h3,15H,2,4-8H2,1H3. The number of nitriles is 1. The third kappa shape index (κ3) is 2.40. The smallest absolute Gasteiger partial charge is 0.182 e. The first-order valence-corrected chi connectivity index (χ1v) is 6.04. The summed E-state index contributed by atoms with van der Waals surface area (Å²) < 4.78 is 0. The lowest BCUT2D eigenvalue weighted by molar-refractivity contribution is -0.116. The molecule has 1 saturated heterocycles. The molecule has 17 heavy (non-hydrogen) atoms. The molecule has 90 valence electrons. The highest BCUT2D eigenvalue weighted by molar-refractivity contribution is 5.99. The molecule has 1 N–H and O–H groups in total. The van der Waals surface area contributed by atoms with Crippen LogP contribution in [0.15, 0.2) is 22.9 Å². The van der Waals surface area contributed by atoms with Crippen molar-refractivity contribution in [2.45, 2.75) is 19.8 Å². The lowest BCUT2D eigenvalue weighted by atomic mass is 9.95. The summed E-state index contributed by atoms with van der Waals surface area (Å²) >= 11 is 0. The van der Waals surface area contributed by atoms with E-state index in [0.29, 0.717) is 12.0 Å². The summed E-state index contributed by atoms with van der Waals surface area (Å²) in [6.07, 6.45) is 3.13. The van der Waals surface area contributed by atoms with Crippen molar-refractivity contribution in [3.05, 3.63) is 22.9 Å². The van der Waals surface area contributed by atoms with Crippen LogP contribution in [0.2, 0.25) is 0 Å². The zero-order valence-electron chi connectivity index (χ0n) is 10.1. The van der Waals surface area contributed by atoms with Crippen molar-refractivity contribution in [1.82, 2.24) is 10.2 Å². The van der Waals surface area contributed by atoms with Gasteiger partial charge in [0.25, 0.3) is 0 Å². The maximum atomic E-state index is 12.0. The normalized spacial score (nSPS) is 22.0. The highest BCUT2D eigenvalue weighted by Gasteiger charge is 2.25. The van der Waals surface area contributed by atoms with Gasteiger partial charge in [-0.05, 0) is 25.5 Å². The van der Waals surface area contributed by atoms with Gasteiger partial charge in [0.2, 0.25) is 0 Å². The maximum Gasteiger partial charge on any atom is 0.182 e. The molecular weight excluding hydrogens is 214 g/mol. The van der Waals surface area contributed by atoms with E-state index >= 15 is 0 Å². The van der Waals surface area contributed by atoms with Crippen molar-refractivity contribution in [2.75, 3.05) is 26.2 Å². The molecule has 0 saturated carbocycles. The van der Waals surface area contributed by atoms with Crippen LogP contribution in [0.3, 0.4) is 0 Å². The summed E-state index contributed by atoms with van der Waals surface area (Å²) in [4.78, 5) is 14.1. The van der Waals surface area contributed by atoms with Gasteiger partial charge in [-0.1, -0.05) is 6.08 Å². The lowest BCUT2D eigenvalue weighted by Gasteiger charge is -2.28. The van der Waals surface area contributed by atoms with Crippen molar-refractivity contribution in [2.24, 2.45) is 0 Å². The predicted molar refractivity (Wildman–Crippen MR) is 65.1 cm³/mol. The molecule has 0 atom stereocenters. The van der Waals surface area contributed by atoms with Crippen molar-refractivity contribution in [1.29, 1.82) is 5.26 Å². The monoisotopic (exact) mass is 231 g/mol. The van der Waals surface area contributed by atoms with Gasteiger partial charge >= 0.3 is 0 Å². The summed E-state index contributed by atoms with van der Waals surface area (Å²) in [6, 6.07) is 2.17. The molecule has 1 aliphatic carbocycles. The van der Waals surface area contributed by atoms with Crippen molar-refractivity contribution in [3.8, 4) is 6.07 Å². The van der Waals surface area contributed by atoms with Crippen molar-refractivity contribution in [3.63, 3.8) is 0 Å². The molecule has 0 aromatic carbocycles. The largest absolute Gasteiger partial charge is 0.367 e. The van der Waals surface area contributed by atoms with E-state index in [-0.39, 0.29) is 5.78 Å². The van der Waals surface area contributed by atoms with Crippen LogP contribution in [-0.2, 0) is 4.79 Å². The van der Waals surface area contributed by atoms with Crippen LogP contribution in [0, 0.1) is 11.3 Å². The molecule has 0 bridgehead atoms. The molecule has 1 heterocycles. The first-order valence-electron chi connectivity index (χ1n) is 6.04. The molecular formula is C13H17N3O. The Morgan fingerprint density at radius 1 is 1.41 bits per heavy atom. The molecule has 4 heteroatoms. The second kappa shape index (κ2) is 5.15. The number of hydrogen-bond acceptors (Lipinski definition) is 4. The summed E-state index contributed by atoms with van der Waals surface area (Å²) in [5.74, 6) is 0.142. The molecule has 0 unspecified atom stereocenters. The summed E-state index contributed by atoms with van der Waals surface area (Å²) in [6.45, 7) is 5.51. The van der Waals surface area contributed by atoms with E-state index in [4.69, 9.17) is 5.26 Å². The topological polar surface area (TPSA) is 56.1 Å². The van der Waals surface area contributed by atoms with Crippen LogP contribution >= 0.6 is 0 Å². The van der Waals surface area contributed by atoms with Crippen LogP contribution in [-0.4, -0.2) is 36.9 Å². The molecule has 0 radical (unpaired) electrons. The van der Waals surface area contributed by atoms with Crippen LogP contribution in [0.25, 0.3) is 0 Å². The predicted octanol–water partition coefficient (Wildman–Crippen LogP) is 0.978. The van der Waals surface area contributed by atoms with E-state index in [1.165, 1.54) is 0 Å². The fourth-order valence-corrected chi connectivity index (χ4v) is 2.39. The first-order chi connectivity index (χ1) is 8.24. The third-order valence-electron chi connectivity index (χ3n) is 3.29. The van der Waals surface area contributed by atoms with E-state index in [1.54, 1.807) is 6.08 Å². The number of Topliss-reactive ketones (excluding diaryl/α,β-unsaturated/α-hetero) is 1. The zero-order chi connectivity index (χ0) is 12.3. The van der Waals surface area contributed by atoms with Gasteiger partial charge in [-0.2, -0.15) is 5.26 Å². The van der Waals surface area contributed by atoms with Gasteiger partial charge in [-0.3, -0.25) is 4.79 Å². The first kappa shape index (κ1) is 11.9. The minimum absolute atomic E-state index is 0.142. The van der Waals surface area contributed by atoms with Crippen molar-refractivity contribution >= 4 is 5.78 Å². The van der Waals surface area contributed by atoms with Crippen LogP contribution in [0.1, 0.15) is 19.8 Å². The number of hydrogen-bond donors (Lipinski definition) is 1. The minimum Gasteiger partial charge on any atom is -0.367 e. The number of allylic oxidation sites excluding steroid dienone is 4. The number of carbonyl (C=O) groups excluding carboxylic acids is 1. The van der Waals surface area contributed by atoms with Gasteiger partial charge in [0.1, 0.15) is 0 Å². The molecule has 0 aromatic rings. The fraction of sp³-hybridized carbons (Fsp3) is 0.538. The molecule has 4 nitrogen and oxygen atoms in total. The fourth-order valence-electron chi connectivity index (χ4n) is 2.39. The lowest BCUT2D eigenvalue weighted by Crippen LogP contribution is -2.33. The summed E-state index contributed by atoms with van der Waals surface area (Å²) in [5.41, 5.74) is 2.25. The van der Waals surface area contributed by atoms with Gasteiger partial charge in [0.15, 0.2) is 5.78 Å². The number of nitrogens with zero attached hydrogens (tertiary/aromatic N) is 2. The molecule has 1 aliphatic heterocycles. The van der Waals surface area contributed by atoms with E-state index in [0.717, 1.165) is 43.9 Å².